The first kappa shape index (κ1) is 19.7. The van der Waals surface area contributed by atoms with Crippen molar-refractivity contribution in [3.63, 3.8) is 0 Å². The van der Waals surface area contributed by atoms with Crippen molar-refractivity contribution in [2.45, 2.75) is 33.3 Å². The molecule has 2 aromatic rings. The fourth-order valence-electron chi connectivity index (χ4n) is 2.10. The summed E-state index contributed by atoms with van der Waals surface area (Å²) in [4.78, 5) is 12.3. The molecule has 0 spiro atoms. The Bertz CT molecular complexity index is 763. The van der Waals surface area contributed by atoms with Gasteiger partial charge >= 0.3 is 0 Å². The number of hydrogen-bond acceptors (Lipinski definition) is 3. The summed E-state index contributed by atoms with van der Waals surface area (Å²) in [5, 5.41) is 6.02. The van der Waals surface area contributed by atoms with Gasteiger partial charge in [0.15, 0.2) is 5.11 Å². The zero-order valence-corrected chi connectivity index (χ0v) is 17.4. The minimum atomic E-state index is -0.254. The summed E-state index contributed by atoms with van der Waals surface area (Å²) < 4.78 is 6.86. The van der Waals surface area contributed by atoms with Gasteiger partial charge in [0.2, 0.25) is 0 Å². The van der Waals surface area contributed by atoms with E-state index in [0.29, 0.717) is 5.56 Å². The zero-order valence-electron chi connectivity index (χ0n) is 14.4. The minimum Gasteiger partial charge on any atom is -0.491 e. The maximum absolute atomic E-state index is 12.3. The molecule has 0 heterocycles. The van der Waals surface area contributed by atoms with E-state index in [2.05, 4.69) is 40.1 Å². The standard InChI is InChI=1S/C19H21IN2O2S/c1-4-13(3)24-16-8-5-14(6-9-16)18(23)22-19(25)21-17-10-7-15(20)11-12(17)2/h5-11,13H,4H2,1-3H3,(H2,21,22,23,25)/t13-/m0/s1. The molecule has 1 amide bonds. The summed E-state index contributed by atoms with van der Waals surface area (Å²) in [5.74, 6) is 0.497. The van der Waals surface area contributed by atoms with E-state index < -0.39 is 0 Å². The molecule has 0 unspecified atom stereocenters. The van der Waals surface area contributed by atoms with Crippen LogP contribution in [-0.4, -0.2) is 17.1 Å². The lowest BCUT2D eigenvalue weighted by molar-refractivity contribution is 0.0977. The van der Waals surface area contributed by atoms with Gasteiger partial charge in [0.05, 0.1) is 6.10 Å². The Morgan fingerprint density at radius 1 is 1.24 bits per heavy atom. The van der Waals surface area contributed by atoms with Crippen LogP contribution in [0.4, 0.5) is 5.69 Å². The van der Waals surface area contributed by atoms with Gasteiger partial charge in [-0.05, 0) is 103 Å². The molecule has 132 valence electrons. The lowest BCUT2D eigenvalue weighted by atomic mass is 10.2. The molecule has 0 aliphatic carbocycles. The van der Waals surface area contributed by atoms with Crippen LogP contribution in [0.25, 0.3) is 0 Å². The van der Waals surface area contributed by atoms with Gasteiger partial charge in [-0.3, -0.25) is 10.1 Å². The van der Waals surface area contributed by atoms with Crippen LogP contribution in [0.15, 0.2) is 42.5 Å². The molecule has 2 N–H and O–H groups in total. The van der Waals surface area contributed by atoms with Crippen LogP contribution in [0.1, 0.15) is 36.2 Å². The highest BCUT2D eigenvalue weighted by atomic mass is 127. The number of carbonyl (C=O) groups is 1. The maximum Gasteiger partial charge on any atom is 0.257 e. The van der Waals surface area contributed by atoms with Crippen molar-refractivity contribution in [3.8, 4) is 5.75 Å². The molecule has 0 aromatic heterocycles. The Hall–Kier alpha value is -1.67. The Kier molecular flexibility index (Phi) is 7.19. The number of amides is 1. The topological polar surface area (TPSA) is 50.4 Å². The molecule has 6 heteroatoms. The average Bonchev–Trinajstić information content (AvgIpc) is 2.57. The van der Waals surface area contributed by atoms with Gasteiger partial charge in [0.25, 0.3) is 5.91 Å². The lowest BCUT2D eigenvalue weighted by Gasteiger charge is -2.13. The fourth-order valence-corrected chi connectivity index (χ4v) is 2.95. The highest BCUT2D eigenvalue weighted by Crippen LogP contribution is 2.18. The van der Waals surface area contributed by atoms with E-state index in [1.165, 1.54) is 0 Å². The van der Waals surface area contributed by atoms with Crippen molar-refractivity contribution in [3.05, 3.63) is 57.2 Å². The summed E-state index contributed by atoms with van der Waals surface area (Å²) in [6.45, 7) is 6.07. The lowest BCUT2D eigenvalue weighted by Crippen LogP contribution is -2.34. The second-order valence-electron chi connectivity index (χ2n) is 5.73. The number of aryl methyl sites for hydroxylation is 1. The molecule has 1 atom stereocenters. The predicted molar refractivity (Wildman–Crippen MR) is 114 cm³/mol. The first-order chi connectivity index (χ1) is 11.9. The molecule has 0 bridgehead atoms. The Morgan fingerprint density at radius 2 is 1.92 bits per heavy atom. The van der Waals surface area contributed by atoms with E-state index in [0.717, 1.165) is 27.0 Å². The summed E-state index contributed by atoms with van der Waals surface area (Å²) in [6.07, 6.45) is 1.08. The van der Waals surface area contributed by atoms with Gasteiger partial charge < -0.3 is 10.1 Å². The number of carbonyl (C=O) groups excluding carboxylic acids is 1. The largest absolute Gasteiger partial charge is 0.491 e. The minimum absolute atomic E-state index is 0.147. The third-order valence-corrected chi connectivity index (χ3v) is 4.57. The quantitative estimate of drug-likeness (QED) is 0.484. The molecular formula is C19H21IN2O2S. The molecule has 0 saturated carbocycles. The van der Waals surface area contributed by atoms with Crippen molar-refractivity contribution in [1.29, 1.82) is 0 Å². The summed E-state index contributed by atoms with van der Waals surface area (Å²) in [7, 11) is 0. The number of anilines is 1. The number of hydrogen-bond donors (Lipinski definition) is 2. The number of benzene rings is 2. The highest BCUT2D eigenvalue weighted by molar-refractivity contribution is 14.1. The van der Waals surface area contributed by atoms with Gasteiger partial charge in [-0.2, -0.15) is 0 Å². The highest BCUT2D eigenvalue weighted by Gasteiger charge is 2.10. The Morgan fingerprint density at radius 3 is 2.52 bits per heavy atom. The van der Waals surface area contributed by atoms with Crippen molar-refractivity contribution < 1.29 is 9.53 Å². The van der Waals surface area contributed by atoms with E-state index in [1.54, 1.807) is 24.3 Å². The van der Waals surface area contributed by atoms with Crippen LogP contribution >= 0.6 is 34.8 Å². The fraction of sp³-hybridized carbons (Fsp3) is 0.263. The average molecular weight is 468 g/mol. The number of ether oxygens (including phenoxy) is 1. The van der Waals surface area contributed by atoms with E-state index in [9.17, 15) is 4.79 Å². The smallest absolute Gasteiger partial charge is 0.257 e. The predicted octanol–water partition coefficient (Wildman–Crippen LogP) is 4.90. The molecule has 0 aliphatic heterocycles. The summed E-state index contributed by atoms with van der Waals surface area (Å²) in [5.41, 5.74) is 2.47. The molecule has 0 saturated heterocycles. The van der Waals surface area contributed by atoms with Crippen molar-refractivity contribution in [2.24, 2.45) is 0 Å². The Labute approximate surface area is 167 Å². The normalized spacial score (nSPS) is 11.5. The van der Waals surface area contributed by atoms with Gasteiger partial charge in [-0.15, -0.1) is 0 Å². The molecule has 4 nitrogen and oxygen atoms in total. The molecule has 2 rings (SSSR count). The van der Waals surface area contributed by atoms with Gasteiger partial charge in [-0.1, -0.05) is 6.92 Å². The van der Waals surface area contributed by atoms with Crippen LogP contribution in [0.5, 0.6) is 5.75 Å². The molecule has 0 aliphatic rings. The Balaban J connectivity index is 1.95. The number of halogens is 1. The van der Waals surface area contributed by atoms with Gasteiger partial charge in [0, 0.05) is 14.8 Å². The van der Waals surface area contributed by atoms with Crippen LogP contribution < -0.4 is 15.4 Å². The first-order valence-corrected chi connectivity index (χ1v) is 9.53. The summed E-state index contributed by atoms with van der Waals surface area (Å²) >= 11 is 7.49. The van der Waals surface area contributed by atoms with Crippen molar-refractivity contribution in [1.82, 2.24) is 5.32 Å². The third-order valence-electron chi connectivity index (χ3n) is 3.69. The second kappa shape index (κ2) is 9.15. The third kappa shape index (κ3) is 5.97. The number of nitrogens with one attached hydrogen (secondary N) is 2. The van der Waals surface area contributed by atoms with Crippen molar-refractivity contribution in [2.75, 3.05) is 5.32 Å². The maximum atomic E-state index is 12.3. The van der Waals surface area contributed by atoms with Crippen molar-refractivity contribution >= 4 is 51.5 Å². The first-order valence-electron chi connectivity index (χ1n) is 8.04. The van der Waals surface area contributed by atoms with Crippen LogP contribution in [0, 0.1) is 10.5 Å². The van der Waals surface area contributed by atoms with E-state index in [1.807, 2.05) is 32.0 Å². The molecule has 0 radical (unpaired) electrons. The van der Waals surface area contributed by atoms with Gasteiger partial charge in [-0.25, -0.2) is 0 Å². The van der Waals surface area contributed by atoms with Gasteiger partial charge in [0.1, 0.15) is 5.75 Å². The number of rotatable bonds is 5. The summed E-state index contributed by atoms with van der Waals surface area (Å²) in [6, 6.07) is 13.0. The molecule has 25 heavy (non-hydrogen) atoms. The molecular weight excluding hydrogens is 447 g/mol. The number of thiocarbonyl (C=S) groups is 1. The van der Waals surface area contributed by atoms with Crippen LogP contribution in [-0.2, 0) is 0 Å². The van der Waals surface area contributed by atoms with E-state index in [-0.39, 0.29) is 17.1 Å². The monoisotopic (exact) mass is 468 g/mol. The zero-order chi connectivity index (χ0) is 18.4. The van der Waals surface area contributed by atoms with Crippen LogP contribution in [0.2, 0.25) is 0 Å². The van der Waals surface area contributed by atoms with E-state index in [4.69, 9.17) is 17.0 Å². The van der Waals surface area contributed by atoms with E-state index >= 15 is 0 Å². The SMILES string of the molecule is CC[C@H](C)Oc1ccc(C(=O)NC(=S)Nc2ccc(I)cc2C)cc1. The second-order valence-corrected chi connectivity index (χ2v) is 7.38. The van der Waals surface area contributed by atoms with Crippen LogP contribution in [0.3, 0.4) is 0 Å². The molecule has 2 aromatic carbocycles. The molecule has 0 fully saturated rings.